The lowest BCUT2D eigenvalue weighted by atomic mass is 10.2. The van der Waals surface area contributed by atoms with Gasteiger partial charge in [-0.2, -0.15) is 0 Å². The highest BCUT2D eigenvalue weighted by molar-refractivity contribution is 7.92. The number of sulfone groups is 1. The average molecular weight is 250 g/mol. The van der Waals surface area contributed by atoms with E-state index in [1.165, 1.54) is 6.26 Å². The second-order valence-electron chi connectivity index (χ2n) is 4.49. The van der Waals surface area contributed by atoms with Crippen LogP contribution in [0.25, 0.3) is 0 Å². The van der Waals surface area contributed by atoms with Crippen LogP contribution in [0.1, 0.15) is 27.2 Å². The Hall–Kier alpha value is -0.620. The second-order valence-corrected chi connectivity index (χ2v) is 7.13. The molecule has 0 aromatic heterocycles. The zero-order valence-electron chi connectivity index (χ0n) is 10.5. The van der Waals surface area contributed by atoms with Crippen LogP contribution in [-0.4, -0.2) is 45.0 Å². The summed E-state index contributed by atoms with van der Waals surface area (Å²) in [6.07, 6.45) is 2.09. The number of hydrogen-bond acceptors (Lipinski definition) is 4. The Kier molecular flexibility index (Phi) is 5.96. The topological polar surface area (TPSA) is 75.3 Å². The SMILES string of the molecule is CCCNC(=O)CNCC(C)(C)S(C)(=O)=O. The number of nitrogens with one attached hydrogen (secondary N) is 2. The molecule has 0 aliphatic heterocycles. The highest BCUT2D eigenvalue weighted by Gasteiger charge is 2.29. The van der Waals surface area contributed by atoms with Crippen LogP contribution < -0.4 is 10.6 Å². The molecule has 0 unspecified atom stereocenters. The number of rotatable bonds is 7. The fourth-order valence-electron chi connectivity index (χ4n) is 0.935. The van der Waals surface area contributed by atoms with Crippen LogP contribution in [0.3, 0.4) is 0 Å². The van der Waals surface area contributed by atoms with Gasteiger partial charge in [-0.05, 0) is 20.3 Å². The third-order valence-electron chi connectivity index (χ3n) is 2.41. The molecule has 2 N–H and O–H groups in total. The molecule has 0 aromatic rings. The van der Waals surface area contributed by atoms with E-state index in [4.69, 9.17) is 0 Å². The summed E-state index contributed by atoms with van der Waals surface area (Å²) in [7, 11) is -3.11. The summed E-state index contributed by atoms with van der Waals surface area (Å²) in [6.45, 7) is 6.32. The van der Waals surface area contributed by atoms with Crippen molar-refractivity contribution in [2.45, 2.75) is 31.9 Å². The van der Waals surface area contributed by atoms with Gasteiger partial charge in [0.05, 0.1) is 11.3 Å². The molecule has 0 atom stereocenters. The largest absolute Gasteiger partial charge is 0.355 e. The molecular weight excluding hydrogens is 228 g/mol. The van der Waals surface area contributed by atoms with Gasteiger partial charge in [-0.15, -0.1) is 0 Å². The summed E-state index contributed by atoms with van der Waals surface area (Å²) in [5, 5.41) is 5.56. The zero-order chi connectivity index (χ0) is 12.8. The fraction of sp³-hybridized carbons (Fsp3) is 0.900. The zero-order valence-corrected chi connectivity index (χ0v) is 11.3. The first kappa shape index (κ1) is 15.4. The molecule has 5 nitrogen and oxygen atoms in total. The third kappa shape index (κ3) is 5.46. The van der Waals surface area contributed by atoms with Crippen molar-refractivity contribution in [3.63, 3.8) is 0 Å². The molecular formula is C10H22N2O3S. The molecule has 0 spiro atoms. The van der Waals surface area contributed by atoms with Crippen LogP contribution in [0.4, 0.5) is 0 Å². The van der Waals surface area contributed by atoms with Gasteiger partial charge in [-0.1, -0.05) is 6.92 Å². The summed E-state index contributed by atoms with van der Waals surface area (Å²) in [5.41, 5.74) is 0. The van der Waals surface area contributed by atoms with Gasteiger partial charge >= 0.3 is 0 Å². The van der Waals surface area contributed by atoms with Crippen molar-refractivity contribution in [2.75, 3.05) is 25.9 Å². The molecule has 0 aliphatic rings. The Balaban J connectivity index is 3.95. The normalized spacial score (nSPS) is 12.5. The number of carbonyl (C=O) groups is 1. The third-order valence-corrected chi connectivity index (χ3v) is 4.56. The number of carbonyl (C=O) groups excluding carboxylic acids is 1. The molecule has 96 valence electrons. The lowest BCUT2D eigenvalue weighted by molar-refractivity contribution is -0.120. The highest BCUT2D eigenvalue weighted by atomic mass is 32.2. The maximum absolute atomic E-state index is 11.4. The van der Waals surface area contributed by atoms with Crippen LogP contribution in [0.15, 0.2) is 0 Å². The summed E-state index contributed by atoms with van der Waals surface area (Å²) in [6, 6.07) is 0. The van der Waals surface area contributed by atoms with Gasteiger partial charge in [0.15, 0.2) is 9.84 Å². The summed E-state index contributed by atoms with van der Waals surface area (Å²) in [5.74, 6) is -0.105. The molecule has 0 bridgehead atoms. The number of amides is 1. The van der Waals surface area contributed by atoms with Crippen LogP contribution in [0.2, 0.25) is 0 Å². The average Bonchev–Trinajstić information content (AvgIpc) is 2.12. The Morgan fingerprint density at radius 1 is 1.31 bits per heavy atom. The lowest BCUT2D eigenvalue weighted by Gasteiger charge is -2.22. The summed E-state index contributed by atoms with van der Waals surface area (Å²) >= 11 is 0. The predicted molar refractivity (Wildman–Crippen MR) is 65.1 cm³/mol. The molecule has 0 aliphatic carbocycles. The van der Waals surface area contributed by atoms with Crippen molar-refractivity contribution in [2.24, 2.45) is 0 Å². The molecule has 16 heavy (non-hydrogen) atoms. The van der Waals surface area contributed by atoms with Crippen molar-refractivity contribution < 1.29 is 13.2 Å². The van der Waals surface area contributed by atoms with Gasteiger partial charge < -0.3 is 10.6 Å². The van der Waals surface area contributed by atoms with Crippen LogP contribution >= 0.6 is 0 Å². The maximum Gasteiger partial charge on any atom is 0.233 e. The van der Waals surface area contributed by atoms with Gasteiger partial charge in [-0.25, -0.2) is 8.42 Å². The Morgan fingerprint density at radius 3 is 2.31 bits per heavy atom. The minimum absolute atomic E-state index is 0.105. The van der Waals surface area contributed by atoms with Gasteiger partial charge in [0.1, 0.15) is 0 Å². The molecule has 0 rings (SSSR count). The van der Waals surface area contributed by atoms with Crippen LogP contribution in [0.5, 0.6) is 0 Å². The Labute approximate surface area is 97.9 Å². The first-order chi connectivity index (χ1) is 7.20. The van der Waals surface area contributed by atoms with E-state index in [1.807, 2.05) is 6.92 Å². The number of hydrogen-bond donors (Lipinski definition) is 2. The predicted octanol–water partition coefficient (Wildman–Crippen LogP) is -0.0746. The van der Waals surface area contributed by atoms with E-state index in [0.29, 0.717) is 6.54 Å². The van der Waals surface area contributed by atoms with E-state index < -0.39 is 14.6 Å². The molecule has 6 heteroatoms. The van der Waals surface area contributed by atoms with Crippen molar-refractivity contribution in [3.05, 3.63) is 0 Å². The van der Waals surface area contributed by atoms with E-state index in [0.717, 1.165) is 6.42 Å². The second kappa shape index (κ2) is 6.20. The Morgan fingerprint density at radius 2 is 1.88 bits per heavy atom. The summed E-state index contributed by atoms with van der Waals surface area (Å²) < 4.78 is 21.9. The standard InChI is InChI=1S/C10H22N2O3S/c1-5-6-12-9(13)7-11-8-10(2,3)16(4,14)15/h11H,5-8H2,1-4H3,(H,12,13). The Bertz CT molecular complexity index is 323. The van der Waals surface area contributed by atoms with E-state index in [9.17, 15) is 13.2 Å². The van der Waals surface area contributed by atoms with E-state index in [-0.39, 0.29) is 19.0 Å². The quantitative estimate of drug-likeness (QED) is 0.663. The van der Waals surface area contributed by atoms with Gasteiger partial charge in [0.2, 0.25) is 5.91 Å². The molecule has 1 amide bonds. The van der Waals surface area contributed by atoms with Crippen molar-refractivity contribution in [1.29, 1.82) is 0 Å². The maximum atomic E-state index is 11.4. The molecule has 0 saturated carbocycles. The van der Waals surface area contributed by atoms with E-state index in [2.05, 4.69) is 10.6 Å². The lowest BCUT2D eigenvalue weighted by Crippen LogP contribution is -2.45. The smallest absolute Gasteiger partial charge is 0.233 e. The minimum Gasteiger partial charge on any atom is -0.355 e. The first-order valence-electron chi connectivity index (χ1n) is 5.37. The molecule has 0 aromatic carbocycles. The van der Waals surface area contributed by atoms with Crippen molar-refractivity contribution >= 4 is 15.7 Å². The van der Waals surface area contributed by atoms with Crippen molar-refractivity contribution in [1.82, 2.24) is 10.6 Å². The molecule has 0 saturated heterocycles. The summed E-state index contributed by atoms with van der Waals surface area (Å²) in [4.78, 5) is 11.2. The van der Waals surface area contributed by atoms with Gasteiger partial charge in [0.25, 0.3) is 0 Å². The van der Waals surface area contributed by atoms with E-state index >= 15 is 0 Å². The fourth-order valence-corrected chi connectivity index (χ4v) is 1.30. The van der Waals surface area contributed by atoms with Gasteiger partial charge in [-0.3, -0.25) is 4.79 Å². The van der Waals surface area contributed by atoms with Gasteiger partial charge in [0, 0.05) is 19.3 Å². The van der Waals surface area contributed by atoms with Crippen LogP contribution in [0, 0.1) is 0 Å². The van der Waals surface area contributed by atoms with Crippen molar-refractivity contribution in [3.8, 4) is 0 Å². The molecule has 0 heterocycles. The van der Waals surface area contributed by atoms with Crippen LogP contribution in [-0.2, 0) is 14.6 Å². The minimum atomic E-state index is -3.11. The van der Waals surface area contributed by atoms with E-state index in [1.54, 1.807) is 13.8 Å². The first-order valence-corrected chi connectivity index (χ1v) is 7.27. The monoisotopic (exact) mass is 250 g/mol. The highest BCUT2D eigenvalue weighted by Crippen LogP contribution is 2.12. The molecule has 0 radical (unpaired) electrons. The molecule has 0 fully saturated rings.